The Kier molecular flexibility index (Phi) is 6.00. The molecule has 162 valence electrons. The van der Waals surface area contributed by atoms with E-state index in [1.807, 2.05) is 48.7 Å². The predicted molar refractivity (Wildman–Crippen MR) is 122 cm³/mol. The molecule has 6 nitrogen and oxygen atoms in total. The van der Waals surface area contributed by atoms with Gasteiger partial charge in [0.25, 0.3) is 5.91 Å². The van der Waals surface area contributed by atoms with E-state index >= 15 is 0 Å². The van der Waals surface area contributed by atoms with Gasteiger partial charge < -0.3 is 19.3 Å². The molecule has 1 fully saturated rings. The number of hydrogen-bond donors (Lipinski definition) is 0. The van der Waals surface area contributed by atoms with Crippen LogP contribution in [-0.2, 0) is 4.79 Å². The highest BCUT2D eigenvalue weighted by Crippen LogP contribution is 2.32. The lowest BCUT2D eigenvalue weighted by Gasteiger charge is -2.29. The third-order valence-corrected chi connectivity index (χ3v) is 6.00. The van der Waals surface area contributed by atoms with Crippen molar-refractivity contribution in [3.8, 4) is 11.5 Å². The number of hydrogen-bond acceptors (Lipinski definition) is 5. The van der Waals surface area contributed by atoms with E-state index in [1.54, 1.807) is 25.2 Å². The number of nitrogens with zero attached hydrogens (tertiary/aromatic N) is 3. The van der Waals surface area contributed by atoms with Gasteiger partial charge in [-0.2, -0.15) is 0 Å². The first kappa shape index (κ1) is 21.0. The Hall–Kier alpha value is -3.25. The van der Waals surface area contributed by atoms with Crippen LogP contribution >= 0.6 is 0 Å². The van der Waals surface area contributed by atoms with Crippen molar-refractivity contribution in [1.29, 1.82) is 0 Å². The molecule has 1 amide bonds. The van der Waals surface area contributed by atoms with Crippen LogP contribution in [0.15, 0.2) is 72.2 Å². The number of ether oxygens (including phenoxy) is 2. The summed E-state index contributed by atoms with van der Waals surface area (Å²) in [6.07, 6.45) is 14.7. The van der Waals surface area contributed by atoms with Gasteiger partial charge in [0.05, 0.1) is 19.9 Å². The minimum absolute atomic E-state index is 0.0782. The largest absolute Gasteiger partial charge is 0.493 e. The number of methoxy groups -OCH3 is 2. The van der Waals surface area contributed by atoms with Crippen molar-refractivity contribution in [1.82, 2.24) is 14.7 Å². The standard InChI is InChI=1S/C25H29N3O3/c1-26(2)21-12-13-27(16-21)22-10-9-20-7-5-6-18(15-25(29)28(20)17-22)19-8-11-23(30-3)24(14-19)31-4/h5-11,14-15,17,21H,12-13,16H2,1-4H3/b6-5+,18-15+,20-7+/t21-/m0/s1. The molecule has 1 aromatic carbocycles. The van der Waals surface area contributed by atoms with E-state index in [1.165, 1.54) is 0 Å². The molecule has 3 heterocycles. The molecular weight excluding hydrogens is 390 g/mol. The lowest BCUT2D eigenvalue weighted by Crippen LogP contribution is -2.33. The monoisotopic (exact) mass is 419 g/mol. The highest BCUT2D eigenvalue weighted by Gasteiger charge is 2.27. The van der Waals surface area contributed by atoms with Crippen LogP contribution in [0.4, 0.5) is 0 Å². The highest BCUT2D eigenvalue weighted by atomic mass is 16.5. The van der Waals surface area contributed by atoms with Crippen molar-refractivity contribution in [2.45, 2.75) is 12.5 Å². The summed E-state index contributed by atoms with van der Waals surface area (Å²) in [6.45, 7) is 1.96. The zero-order valence-corrected chi connectivity index (χ0v) is 18.5. The fraction of sp³-hybridized carbons (Fsp3) is 0.320. The fourth-order valence-electron chi connectivity index (χ4n) is 4.11. The first-order valence-corrected chi connectivity index (χ1v) is 10.5. The summed E-state index contributed by atoms with van der Waals surface area (Å²) < 4.78 is 10.7. The van der Waals surface area contributed by atoms with Crippen molar-refractivity contribution in [3.05, 3.63) is 77.8 Å². The second kappa shape index (κ2) is 8.86. The Labute approximate surface area is 184 Å². The number of carbonyl (C=O) groups is 1. The van der Waals surface area contributed by atoms with Crippen LogP contribution in [0, 0.1) is 0 Å². The van der Waals surface area contributed by atoms with Gasteiger partial charge in [-0.15, -0.1) is 0 Å². The first-order valence-electron chi connectivity index (χ1n) is 10.5. The maximum absolute atomic E-state index is 13.2. The van der Waals surface area contributed by atoms with Crippen LogP contribution in [-0.4, -0.2) is 68.1 Å². The molecular formula is C25H29N3O3. The molecule has 1 saturated heterocycles. The number of rotatable bonds is 5. The maximum atomic E-state index is 13.2. The van der Waals surface area contributed by atoms with Crippen LogP contribution in [0.2, 0.25) is 0 Å². The van der Waals surface area contributed by atoms with Gasteiger partial charge in [-0.1, -0.05) is 18.2 Å². The van der Waals surface area contributed by atoms with Crippen molar-refractivity contribution in [3.63, 3.8) is 0 Å². The van der Waals surface area contributed by atoms with Crippen molar-refractivity contribution < 1.29 is 14.3 Å². The molecule has 1 aromatic rings. The number of likely N-dealkylation sites (N-methyl/N-ethyl adjacent to an activating group) is 1. The molecule has 0 N–H and O–H groups in total. The maximum Gasteiger partial charge on any atom is 0.255 e. The van der Waals surface area contributed by atoms with E-state index in [2.05, 4.69) is 30.0 Å². The molecule has 3 aliphatic heterocycles. The van der Waals surface area contributed by atoms with Gasteiger partial charge in [-0.3, -0.25) is 9.69 Å². The third kappa shape index (κ3) is 4.30. The molecule has 0 spiro atoms. The van der Waals surface area contributed by atoms with Crippen molar-refractivity contribution in [2.24, 2.45) is 0 Å². The molecule has 0 aliphatic carbocycles. The van der Waals surface area contributed by atoms with Gasteiger partial charge in [0, 0.05) is 37.1 Å². The molecule has 1 atom stereocenters. The number of likely N-dealkylation sites (tertiary alicyclic amines) is 1. The smallest absolute Gasteiger partial charge is 0.255 e. The Bertz CT molecular complexity index is 1020. The van der Waals surface area contributed by atoms with Gasteiger partial charge in [0.2, 0.25) is 0 Å². The summed E-state index contributed by atoms with van der Waals surface area (Å²) in [5, 5.41) is 0. The Morgan fingerprint density at radius 3 is 2.52 bits per heavy atom. The molecule has 6 heteroatoms. The van der Waals surface area contributed by atoms with E-state index < -0.39 is 0 Å². The zero-order valence-electron chi connectivity index (χ0n) is 18.5. The number of carbonyl (C=O) groups excluding carboxylic acids is 1. The predicted octanol–water partition coefficient (Wildman–Crippen LogP) is 3.42. The molecule has 4 rings (SSSR count). The van der Waals surface area contributed by atoms with Crippen LogP contribution in [0.1, 0.15) is 12.0 Å². The quantitative estimate of drug-likeness (QED) is 0.732. The van der Waals surface area contributed by atoms with E-state index in [0.29, 0.717) is 17.5 Å². The molecule has 31 heavy (non-hydrogen) atoms. The Morgan fingerprint density at radius 1 is 1.03 bits per heavy atom. The number of allylic oxidation sites excluding steroid dienone is 6. The first-order chi connectivity index (χ1) is 15.0. The van der Waals surface area contributed by atoms with E-state index in [0.717, 1.165) is 42.0 Å². The van der Waals surface area contributed by atoms with Gasteiger partial charge in [0.15, 0.2) is 11.5 Å². The summed E-state index contributed by atoms with van der Waals surface area (Å²) in [7, 11) is 7.45. The average Bonchev–Trinajstić information content (AvgIpc) is 3.27. The second-order valence-corrected chi connectivity index (χ2v) is 8.07. The molecule has 0 bridgehead atoms. The molecule has 0 saturated carbocycles. The SMILES string of the molecule is COc1ccc(C2=C\C(=O)N3C=C(N4CC[C@H](N(C)C)C4)C=C\C3=C/C=C/2)cc1OC. The van der Waals surface area contributed by atoms with Crippen LogP contribution < -0.4 is 9.47 Å². The van der Waals surface area contributed by atoms with Crippen LogP contribution in [0.5, 0.6) is 11.5 Å². The molecule has 0 unspecified atom stereocenters. The molecule has 0 radical (unpaired) electrons. The lowest BCUT2D eigenvalue weighted by molar-refractivity contribution is -0.122. The normalized spacial score (nSPS) is 25.1. The zero-order chi connectivity index (χ0) is 22.0. The van der Waals surface area contributed by atoms with E-state index in [4.69, 9.17) is 9.47 Å². The van der Waals surface area contributed by atoms with Gasteiger partial charge in [-0.25, -0.2) is 0 Å². The van der Waals surface area contributed by atoms with E-state index in [9.17, 15) is 4.79 Å². The average molecular weight is 420 g/mol. The van der Waals surface area contributed by atoms with Crippen LogP contribution in [0.25, 0.3) is 5.57 Å². The summed E-state index contributed by atoms with van der Waals surface area (Å²) in [5.41, 5.74) is 3.64. The summed E-state index contributed by atoms with van der Waals surface area (Å²) in [5.74, 6) is 1.21. The van der Waals surface area contributed by atoms with Gasteiger partial charge in [-0.05, 0) is 62.0 Å². The number of benzene rings is 1. The summed E-state index contributed by atoms with van der Waals surface area (Å²) in [6, 6.07) is 6.20. The van der Waals surface area contributed by atoms with Crippen LogP contribution in [0.3, 0.4) is 0 Å². The summed E-state index contributed by atoms with van der Waals surface area (Å²) >= 11 is 0. The van der Waals surface area contributed by atoms with Gasteiger partial charge in [0.1, 0.15) is 0 Å². The van der Waals surface area contributed by atoms with Crippen molar-refractivity contribution in [2.75, 3.05) is 41.4 Å². The highest BCUT2D eigenvalue weighted by molar-refractivity contribution is 6.00. The Morgan fingerprint density at radius 2 is 1.81 bits per heavy atom. The van der Waals surface area contributed by atoms with E-state index in [-0.39, 0.29) is 5.91 Å². The topological polar surface area (TPSA) is 45.2 Å². The number of amides is 1. The third-order valence-electron chi connectivity index (χ3n) is 6.00. The summed E-state index contributed by atoms with van der Waals surface area (Å²) in [4.78, 5) is 19.5. The van der Waals surface area contributed by atoms with Crippen molar-refractivity contribution >= 4 is 11.5 Å². The Balaban J connectivity index is 1.62. The molecule has 3 aliphatic rings. The molecule has 0 aromatic heterocycles. The van der Waals surface area contributed by atoms with Gasteiger partial charge >= 0.3 is 0 Å². The fourth-order valence-corrected chi connectivity index (χ4v) is 4.11. The number of fused-ring (bicyclic) bond motifs is 1. The second-order valence-electron chi connectivity index (χ2n) is 8.07. The minimum atomic E-state index is -0.0782. The minimum Gasteiger partial charge on any atom is -0.493 e. The lowest BCUT2D eigenvalue weighted by atomic mass is 10.0.